The van der Waals surface area contributed by atoms with Gasteiger partial charge in [0.25, 0.3) is 0 Å². The first-order valence-electron chi connectivity index (χ1n) is 19.0. The summed E-state index contributed by atoms with van der Waals surface area (Å²) in [5.74, 6) is 1.84. The number of para-hydroxylation sites is 1. The van der Waals surface area contributed by atoms with Crippen LogP contribution in [0.3, 0.4) is 0 Å². The van der Waals surface area contributed by atoms with Crippen molar-refractivity contribution in [3.8, 4) is 67.5 Å². The average Bonchev–Trinajstić information content (AvgIpc) is 3.90. The molecule has 0 aliphatic heterocycles. The van der Waals surface area contributed by atoms with Crippen LogP contribution in [0.5, 0.6) is 0 Å². The van der Waals surface area contributed by atoms with Gasteiger partial charge in [-0.1, -0.05) is 170 Å². The number of aromatic nitrogens is 3. The maximum atomic E-state index is 6.25. The molecule has 56 heavy (non-hydrogen) atoms. The molecule has 0 bridgehead atoms. The zero-order chi connectivity index (χ0) is 36.8. The molecule has 4 nitrogen and oxygen atoms in total. The van der Waals surface area contributed by atoms with Crippen LogP contribution in [0.1, 0.15) is 22.3 Å². The minimum absolute atomic E-state index is 0.379. The Hall–Kier alpha value is -7.43. The third-order valence-corrected chi connectivity index (χ3v) is 11.8. The van der Waals surface area contributed by atoms with Crippen LogP contribution < -0.4 is 0 Å². The molecular weight excluding hydrogens is 683 g/mol. The molecule has 0 atom stereocenters. The lowest BCUT2D eigenvalue weighted by Gasteiger charge is -2.30. The highest BCUT2D eigenvalue weighted by Crippen LogP contribution is 2.63. The smallest absolute Gasteiger partial charge is 0.164 e. The fourth-order valence-electron chi connectivity index (χ4n) is 9.40. The Bertz CT molecular complexity index is 3150. The fraction of sp³-hybridized carbons (Fsp3) is 0.0192. The van der Waals surface area contributed by atoms with Crippen LogP contribution in [0.2, 0.25) is 0 Å². The van der Waals surface area contributed by atoms with Crippen molar-refractivity contribution >= 4 is 21.9 Å². The first-order chi connectivity index (χ1) is 27.8. The predicted molar refractivity (Wildman–Crippen MR) is 225 cm³/mol. The van der Waals surface area contributed by atoms with E-state index in [1.807, 2.05) is 54.6 Å². The molecule has 0 unspecified atom stereocenters. The van der Waals surface area contributed by atoms with Crippen LogP contribution in [-0.2, 0) is 5.41 Å². The van der Waals surface area contributed by atoms with Crippen molar-refractivity contribution in [2.45, 2.75) is 5.41 Å². The molecule has 0 radical (unpaired) electrons. The van der Waals surface area contributed by atoms with Gasteiger partial charge >= 0.3 is 0 Å². The molecule has 0 fully saturated rings. The summed E-state index contributed by atoms with van der Waals surface area (Å²) in [6, 6.07) is 66.8. The van der Waals surface area contributed by atoms with Crippen LogP contribution in [0.4, 0.5) is 0 Å². The second kappa shape index (κ2) is 11.8. The van der Waals surface area contributed by atoms with Gasteiger partial charge in [-0.25, -0.2) is 15.0 Å². The summed E-state index contributed by atoms with van der Waals surface area (Å²) in [5, 5.41) is 2.16. The van der Waals surface area contributed by atoms with E-state index in [4.69, 9.17) is 19.4 Å². The third kappa shape index (κ3) is 4.32. The largest absolute Gasteiger partial charge is 0.456 e. The van der Waals surface area contributed by atoms with Gasteiger partial charge in [-0.3, -0.25) is 0 Å². The van der Waals surface area contributed by atoms with E-state index >= 15 is 0 Å². The van der Waals surface area contributed by atoms with E-state index in [1.54, 1.807) is 0 Å². The van der Waals surface area contributed by atoms with Crippen molar-refractivity contribution in [3.05, 3.63) is 210 Å². The summed E-state index contributed by atoms with van der Waals surface area (Å²) >= 11 is 0. The molecule has 1 spiro atoms. The quantitative estimate of drug-likeness (QED) is 0.182. The molecule has 2 aliphatic rings. The van der Waals surface area contributed by atoms with Gasteiger partial charge in [0.05, 0.1) is 5.41 Å². The molecule has 2 aromatic heterocycles. The first-order valence-corrected chi connectivity index (χ1v) is 19.0. The molecule has 4 heteroatoms. The predicted octanol–water partition coefficient (Wildman–Crippen LogP) is 12.8. The Morgan fingerprint density at radius 2 is 0.804 bits per heavy atom. The van der Waals surface area contributed by atoms with Gasteiger partial charge < -0.3 is 4.42 Å². The maximum Gasteiger partial charge on any atom is 0.164 e. The van der Waals surface area contributed by atoms with Gasteiger partial charge in [-0.05, 0) is 73.8 Å². The van der Waals surface area contributed by atoms with Crippen LogP contribution in [-0.4, -0.2) is 15.0 Å². The summed E-state index contributed by atoms with van der Waals surface area (Å²) < 4.78 is 6.25. The van der Waals surface area contributed by atoms with Gasteiger partial charge in [-0.2, -0.15) is 0 Å². The molecule has 260 valence electrons. The maximum absolute atomic E-state index is 6.25. The summed E-state index contributed by atoms with van der Waals surface area (Å²) in [7, 11) is 0. The number of nitrogens with zero attached hydrogens (tertiary/aromatic N) is 3. The van der Waals surface area contributed by atoms with E-state index in [0.717, 1.165) is 44.2 Å². The van der Waals surface area contributed by atoms with E-state index in [0.29, 0.717) is 17.5 Å². The molecular formula is C52H31N3O. The molecule has 8 aromatic carbocycles. The van der Waals surface area contributed by atoms with Crippen molar-refractivity contribution in [2.24, 2.45) is 0 Å². The average molecular weight is 714 g/mol. The Morgan fingerprint density at radius 1 is 0.321 bits per heavy atom. The van der Waals surface area contributed by atoms with E-state index < -0.39 is 0 Å². The third-order valence-electron chi connectivity index (χ3n) is 11.8. The summed E-state index contributed by atoms with van der Waals surface area (Å²) in [6.45, 7) is 0. The number of hydrogen-bond acceptors (Lipinski definition) is 4. The first kappa shape index (κ1) is 31.0. The molecule has 0 saturated carbocycles. The SMILES string of the molecule is c1ccc(-c2nc(-c3ccc(-c4cccc5c4-c4ccccc4C54c5ccccc5-c5ccccc54)cc3)nc(-c3ccc4c(c3)oc3ccccc34)n2)cc1. The van der Waals surface area contributed by atoms with Crippen molar-refractivity contribution in [2.75, 3.05) is 0 Å². The van der Waals surface area contributed by atoms with E-state index in [-0.39, 0.29) is 5.41 Å². The number of hydrogen-bond donors (Lipinski definition) is 0. The molecule has 10 aromatic rings. The topological polar surface area (TPSA) is 51.8 Å². The molecule has 0 amide bonds. The van der Waals surface area contributed by atoms with Crippen LogP contribution >= 0.6 is 0 Å². The highest BCUT2D eigenvalue weighted by molar-refractivity contribution is 6.06. The van der Waals surface area contributed by atoms with Crippen molar-refractivity contribution < 1.29 is 4.42 Å². The Morgan fingerprint density at radius 3 is 1.52 bits per heavy atom. The molecule has 2 heterocycles. The van der Waals surface area contributed by atoms with Crippen LogP contribution in [0.15, 0.2) is 192 Å². The Labute approximate surface area is 323 Å². The van der Waals surface area contributed by atoms with Gasteiger partial charge in [-0.15, -0.1) is 0 Å². The number of fused-ring (bicyclic) bond motifs is 13. The minimum atomic E-state index is -0.379. The highest BCUT2D eigenvalue weighted by Gasteiger charge is 2.51. The second-order valence-corrected chi connectivity index (χ2v) is 14.7. The van der Waals surface area contributed by atoms with Crippen LogP contribution in [0.25, 0.3) is 89.5 Å². The number of furan rings is 1. The Balaban J connectivity index is 0.998. The van der Waals surface area contributed by atoms with Crippen molar-refractivity contribution in [1.82, 2.24) is 15.0 Å². The van der Waals surface area contributed by atoms with E-state index in [1.165, 1.54) is 50.1 Å². The Kier molecular flexibility index (Phi) is 6.52. The van der Waals surface area contributed by atoms with Gasteiger partial charge in [0.2, 0.25) is 0 Å². The number of rotatable bonds is 4. The summed E-state index contributed by atoms with van der Waals surface area (Å²) in [4.78, 5) is 15.1. The second-order valence-electron chi connectivity index (χ2n) is 14.7. The van der Waals surface area contributed by atoms with Gasteiger partial charge in [0, 0.05) is 27.5 Å². The minimum Gasteiger partial charge on any atom is -0.456 e. The lowest BCUT2D eigenvalue weighted by molar-refractivity contribution is 0.669. The zero-order valence-corrected chi connectivity index (χ0v) is 30.1. The van der Waals surface area contributed by atoms with E-state index in [9.17, 15) is 0 Å². The molecule has 12 rings (SSSR count). The summed E-state index contributed by atoms with van der Waals surface area (Å²) in [6.07, 6.45) is 0. The van der Waals surface area contributed by atoms with Gasteiger partial charge in [0.1, 0.15) is 11.2 Å². The van der Waals surface area contributed by atoms with Crippen molar-refractivity contribution in [1.29, 1.82) is 0 Å². The lowest BCUT2D eigenvalue weighted by atomic mass is 9.70. The zero-order valence-electron chi connectivity index (χ0n) is 30.1. The summed E-state index contributed by atoms with van der Waals surface area (Å²) in [5.41, 5.74) is 16.9. The molecule has 0 saturated heterocycles. The van der Waals surface area contributed by atoms with Crippen LogP contribution in [0, 0.1) is 0 Å². The van der Waals surface area contributed by atoms with Gasteiger partial charge in [0.15, 0.2) is 17.5 Å². The van der Waals surface area contributed by atoms with E-state index in [2.05, 4.69) is 133 Å². The molecule has 0 N–H and O–H groups in total. The van der Waals surface area contributed by atoms with Crippen molar-refractivity contribution in [3.63, 3.8) is 0 Å². The standard InChI is InChI=1S/C52H31N3O/c1-2-13-33(14-3-1)49-53-50(55-51(54-49)35-29-30-40-39-17-7-11-24-46(39)56-47(40)31-35)34-27-25-32(26-28-34)36-19-12-23-45-48(36)41-18-6-10-22-44(41)52(45)42-20-8-4-15-37(42)38-16-5-9-21-43(38)52/h1-31H. The highest BCUT2D eigenvalue weighted by atomic mass is 16.3. The lowest BCUT2D eigenvalue weighted by Crippen LogP contribution is -2.25. The monoisotopic (exact) mass is 713 g/mol. The fourth-order valence-corrected chi connectivity index (χ4v) is 9.40. The number of benzene rings is 8. The molecule has 2 aliphatic carbocycles. The normalized spacial score (nSPS) is 13.1.